The molecule has 0 atom stereocenters. The number of carbonyl (C=O) groups is 1. The summed E-state index contributed by atoms with van der Waals surface area (Å²) in [7, 11) is 0. The number of nitrogens with one attached hydrogen (secondary N) is 2. The Labute approximate surface area is 207 Å². The summed E-state index contributed by atoms with van der Waals surface area (Å²) in [5, 5.41) is 6.67. The van der Waals surface area contributed by atoms with E-state index in [2.05, 4.69) is 44.8 Å². The summed E-state index contributed by atoms with van der Waals surface area (Å²) >= 11 is 0. The second-order valence-corrected chi connectivity index (χ2v) is 7.75. The van der Waals surface area contributed by atoms with E-state index in [0.717, 1.165) is 24.6 Å². The lowest BCUT2D eigenvalue weighted by Gasteiger charge is -2.15. The third-order valence-electron chi connectivity index (χ3n) is 5.13. The van der Waals surface area contributed by atoms with Crippen LogP contribution in [0.4, 0.5) is 0 Å². The minimum absolute atomic E-state index is 0. The van der Waals surface area contributed by atoms with E-state index >= 15 is 0 Å². The molecule has 3 rings (SSSR count). The van der Waals surface area contributed by atoms with Crippen LogP contribution in [0.15, 0.2) is 53.5 Å². The second kappa shape index (κ2) is 13.9. The third kappa shape index (κ3) is 9.04. The molecule has 1 amide bonds. The Morgan fingerprint density at radius 2 is 1.78 bits per heavy atom. The molecule has 0 saturated carbocycles. The lowest BCUT2D eigenvalue weighted by molar-refractivity contribution is -0.119. The maximum absolute atomic E-state index is 10.9. The number of primary amides is 1. The number of ether oxygens (including phenoxy) is 1. The molecule has 4 N–H and O–H groups in total. The summed E-state index contributed by atoms with van der Waals surface area (Å²) in [6.45, 7) is 7.37. The molecule has 8 heteroatoms. The molecular weight excluding hydrogens is 517 g/mol. The number of halogens is 1. The maximum Gasteiger partial charge on any atom is 0.255 e. The molecule has 1 saturated heterocycles. The van der Waals surface area contributed by atoms with E-state index in [-0.39, 0.29) is 30.6 Å². The number of likely N-dealkylation sites (tertiary alicyclic amines) is 1. The van der Waals surface area contributed by atoms with E-state index in [0.29, 0.717) is 18.8 Å². The molecule has 0 spiro atoms. The van der Waals surface area contributed by atoms with Crippen LogP contribution in [0.1, 0.15) is 36.5 Å². The van der Waals surface area contributed by atoms with Gasteiger partial charge in [-0.05, 0) is 61.7 Å². The monoisotopic (exact) mass is 551 g/mol. The number of amides is 1. The molecule has 0 aromatic heterocycles. The number of rotatable bonds is 10. The minimum Gasteiger partial charge on any atom is -0.484 e. The molecule has 1 aliphatic rings. The van der Waals surface area contributed by atoms with Crippen molar-refractivity contribution in [1.82, 2.24) is 15.5 Å². The molecular formula is C24H34IN5O2. The van der Waals surface area contributed by atoms with Crippen molar-refractivity contribution in [3.05, 3.63) is 65.2 Å². The number of aliphatic imine (C=N–C) groups is 1. The Hall–Kier alpha value is -2.33. The van der Waals surface area contributed by atoms with Gasteiger partial charge < -0.3 is 21.1 Å². The molecule has 7 nitrogen and oxygen atoms in total. The molecule has 0 radical (unpaired) electrons. The van der Waals surface area contributed by atoms with Crippen LogP contribution in [0.5, 0.6) is 5.75 Å². The standard InChI is InChI=1S/C24H33N5O2.HI/c1-2-26-24(28-16-21-6-5-7-22(14-21)31-18-23(25)30)27-15-19-8-10-20(11-9-19)17-29-12-3-4-13-29;/h5-11,14H,2-4,12-13,15-18H2,1H3,(H2,25,30)(H2,26,27,28);1H. The summed E-state index contributed by atoms with van der Waals surface area (Å²) in [4.78, 5) is 18.1. The van der Waals surface area contributed by atoms with E-state index in [4.69, 9.17) is 10.5 Å². The molecule has 32 heavy (non-hydrogen) atoms. The van der Waals surface area contributed by atoms with Crippen molar-refractivity contribution in [3.63, 3.8) is 0 Å². The van der Waals surface area contributed by atoms with Crippen LogP contribution in [-0.4, -0.2) is 43.0 Å². The Morgan fingerprint density at radius 1 is 1.06 bits per heavy atom. The number of nitrogens with two attached hydrogens (primary N) is 1. The van der Waals surface area contributed by atoms with Gasteiger partial charge in [0, 0.05) is 19.6 Å². The van der Waals surface area contributed by atoms with Crippen LogP contribution in [0.3, 0.4) is 0 Å². The van der Waals surface area contributed by atoms with Gasteiger partial charge in [-0.2, -0.15) is 0 Å². The number of nitrogens with zero attached hydrogens (tertiary/aromatic N) is 2. The van der Waals surface area contributed by atoms with Crippen LogP contribution in [0.2, 0.25) is 0 Å². The van der Waals surface area contributed by atoms with E-state index in [1.807, 2.05) is 25.1 Å². The molecule has 1 heterocycles. The van der Waals surface area contributed by atoms with Crippen LogP contribution < -0.4 is 21.1 Å². The van der Waals surface area contributed by atoms with E-state index in [1.165, 1.54) is 37.1 Å². The van der Waals surface area contributed by atoms with Crippen LogP contribution in [0, 0.1) is 0 Å². The highest BCUT2D eigenvalue weighted by molar-refractivity contribution is 14.0. The number of carbonyl (C=O) groups excluding carboxylic acids is 1. The zero-order valence-corrected chi connectivity index (χ0v) is 21.0. The molecule has 1 aliphatic heterocycles. The van der Waals surface area contributed by atoms with Crippen LogP contribution in [-0.2, 0) is 24.4 Å². The first-order valence-corrected chi connectivity index (χ1v) is 10.9. The highest BCUT2D eigenvalue weighted by atomic mass is 127. The molecule has 0 bridgehead atoms. The summed E-state index contributed by atoms with van der Waals surface area (Å²) in [6.07, 6.45) is 2.64. The smallest absolute Gasteiger partial charge is 0.255 e. The lowest BCUT2D eigenvalue weighted by Crippen LogP contribution is -2.36. The van der Waals surface area contributed by atoms with E-state index in [1.54, 1.807) is 6.07 Å². The van der Waals surface area contributed by atoms with Crippen LogP contribution >= 0.6 is 24.0 Å². The van der Waals surface area contributed by atoms with Crippen LogP contribution in [0.25, 0.3) is 0 Å². The maximum atomic E-state index is 10.9. The molecule has 2 aromatic rings. The Bertz CT molecular complexity index is 867. The number of guanidine groups is 1. The van der Waals surface area contributed by atoms with Gasteiger partial charge in [-0.3, -0.25) is 9.69 Å². The third-order valence-corrected chi connectivity index (χ3v) is 5.13. The SMILES string of the molecule is CCNC(=NCc1cccc(OCC(N)=O)c1)NCc1ccc(CN2CCCC2)cc1.I. The minimum atomic E-state index is -0.494. The van der Waals surface area contributed by atoms with Crippen molar-refractivity contribution in [2.75, 3.05) is 26.2 Å². The Morgan fingerprint density at radius 3 is 2.47 bits per heavy atom. The largest absolute Gasteiger partial charge is 0.484 e. The van der Waals surface area contributed by atoms with Gasteiger partial charge in [0.2, 0.25) is 0 Å². The second-order valence-electron chi connectivity index (χ2n) is 7.75. The van der Waals surface area contributed by atoms with Gasteiger partial charge in [-0.1, -0.05) is 36.4 Å². The lowest BCUT2D eigenvalue weighted by atomic mass is 10.1. The van der Waals surface area contributed by atoms with E-state index in [9.17, 15) is 4.79 Å². The van der Waals surface area contributed by atoms with Gasteiger partial charge in [0.1, 0.15) is 5.75 Å². The van der Waals surface area contributed by atoms with Crippen molar-refractivity contribution in [1.29, 1.82) is 0 Å². The number of hydrogen-bond acceptors (Lipinski definition) is 4. The normalized spacial score (nSPS) is 14.0. The first kappa shape index (κ1) is 25.9. The van der Waals surface area contributed by atoms with Gasteiger partial charge in [0.05, 0.1) is 6.54 Å². The van der Waals surface area contributed by atoms with Gasteiger partial charge >= 0.3 is 0 Å². The molecule has 0 unspecified atom stereocenters. The molecule has 2 aromatic carbocycles. The highest BCUT2D eigenvalue weighted by Crippen LogP contribution is 2.15. The average molecular weight is 551 g/mol. The first-order valence-electron chi connectivity index (χ1n) is 10.9. The fraction of sp³-hybridized carbons (Fsp3) is 0.417. The topological polar surface area (TPSA) is 92.0 Å². The average Bonchev–Trinajstić information content (AvgIpc) is 3.28. The van der Waals surface area contributed by atoms with Crippen molar-refractivity contribution in [3.8, 4) is 5.75 Å². The van der Waals surface area contributed by atoms with Gasteiger partial charge in [-0.15, -0.1) is 24.0 Å². The summed E-state index contributed by atoms with van der Waals surface area (Å²) in [5.41, 5.74) is 8.71. The predicted octanol–water partition coefficient (Wildman–Crippen LogP) is 3.02. The van der Waals surface area contributed by atoms with Crippen molar-refractivity contribution >= 4 is 35.8 Å². The van der Waals surface area contributed by atoms with Crippen molar-refractivity contribution < 1.29 is 9.53 Å². The van der Waals surface area contributed by atoms with Gasteiger partial charge in [-0.25, -0.2) is 4.99 Å². The Balaban J connectivity index is 0.00000363. The zero-order chi connectivity index (χ0) is 21.9. The summed E-state index contributed by atoms with van der Waals surface area (Å²) < 4.78 is 5.36. The fourth-order valence-corrected chi connectivity index (χ4v) is 3.55. The molecule has 174 valence electrons. The zero-order valence-electron chi connectivity index (χ0n) is 18.7. The van der Waals surface area contributed by atoms with Gasteiger partial charge in [0.25, 0.3) is 5.91 Å². The number of hydrogen-bond donors (Lipinski definition) is 3. The Kier molecular flexibility index (Phi) is 11.3. The molecule has 1 fully saturated rings. The predicted molar refractivity (Wildman–Crippen MR) is 139 cm³/mol. The summed E-state index contributed by atoms with van der Waals surface area (Å²) in [5.74, 6) is 0.872. The first-order chi connectivity index (χ1) is 15.1. The van der Waals surface area contributed by atoms with Crippen molar-refractivity contribution in [2.24, 2.45) is 10.7 Å². The quantitative estimate of drug-likeness (QED) is 0.240. The van der Waals surface area contributed by atoms with E-state index < -0.39 is 5.91 Å². The molecule has 0 aliphatic carbocycles. The number of benzene rings is 2. The van der Waals surface area contributed by atoms with Crippen molar-refractivity contribution in [2.45, 2.75) is 39.4 Å². The van der Waals surface area contributed by atoms with Gasteiger partial charge in [0.15, 0.2) is 12.6 Å². The summed E-state index contributed by atoms with van der Waals surface area (Å²) in [6, 6.07) is 16.3. The fourth-order valence-electron chi connectivity index (χ4n) is 3.55. The highest BCUT2D eigenvalue weighted by Gasteiger charge is 2.11.